The van der Waals surface area contributed by atoms with Crippen LogP contribution in [-0.4, -0.2) is 61.0 Å². The maximum absolute atomic E-state index is 14.4. The summed E-state index contributed by atoms with van der Waals surface area (Å²) in [5, 5.41) is 19.3. The number of rotatable bonds is 5. The number of phenolic OH excluding ortho intramolecular Hbond substituents is 1. The van der Waals surface area contributed by atoms with E-state index in [4.69, 9.17) is 27.9 Å². The number of hydrogen-bond donors (Lipinski definition) is 2. The molecule has 0 spiro atoms. The molecule has 6 atom stereocenters. The lowest BCUT2D eigenvalue weighted by atomic mass is 9.56. The van der Waals surface area contributed by atoms with Crippen LogP contribution in [-0.2, 0) is 30.4 Å². The minimum atomic E-state index is -2.12. The summed E-state index contributed by atoms with van der Waals surface area (Å²) in [6.07, 6.45) is 2.79. The summed E-state index contributed by atoms with van der Waals surface area (Å²) in [6.45, 7) is -0.300. The first kappa shape index (κ1) is 29.5. The van der Waals surface area contributed by atoms with Crippen molar-refractivity contribution in [2.24, 2.45) is 23.7 Å². The highest BCUT2D eigenvalue weighted by molar-refractivity contribution is 6.58. The number of anilines is 1. The molecule has 2 saturated heterocycles. The predicted molar refractivity (Wildman–Crippen MR) is 157 cm³/mol. The molecule has 2 N–H and O–H groups in total. The monoisotopic (exact) mass is 654 g/mol. The summed E-state index contributed by atoms with van der Waals surface area (Å²) < 4.78 is 19.7. The first-order chi connectivity index (χ1) is 21.4. The van der Waals surface area contributed by atoms with Crippen molar-refractivity contribution in [3.05, 3.63) is 77.3 Å². The van der Waals surface area contributed by atoms with Crippen LogP contribution in [0.5, 0.6) is 11.5 Å². The third-order valence-electron chi connectivity index (χ3n) is 9.68. The van der Waals surface area contributed by atoms with Gasteiger partial charge in [-0.15, -0.1) is 23.2 Å². The van der Waals surface area contributed by atoms with Crippen LogP contribution < -0.4 is 9.64 Å². The Morgan fingerprint density at radius 1 is 1.02 bits per heavy atom. The average Bonchev–Trinajstić information content (AvgIpc) is 3.33. The number of hydrogen-bond acceptors (Lipinski definition) is 7. The molecule has 0 bridgehead atoms. The van der Waals surface area contributed by atoms with Crippen LogP contribution >= 0.6 is 23.2 Å². The van der Waals surface area contributed by atoms with Gasteiger partial charge in [-0.05, 0) is 66.8 Å². The Bertz CT molecular complexity index is 1780. The molecular weight excluding hydrogens is 630 g/mol. The molecule has 232 valence electrons. The van der Waals surface area contributed by atoms with Gasteiger partial charge in [-0.1, -0.05) is 11.6 Å². The second kappa shape index (κ2) is 10.1. The van der Waals surface area contributed by atoms with Gasteiger partial charge in [0, 0.05) is 24.4 Å². The SMILES string of the molecule is O=C(O)CCN1C(=O)[C@H]2[C@H](CC=C3[C@H](C4=COc5ccc(O)cc5C4)[C@]4(Cl)C(=O)N(c5ccc(F)cc5)C(=O)[C@]4(Cl)C[C@H]32)C1=O. The van der Waals surface area contributed by atoms with Gasteiger partial charge in [-0.25, -0.2) is 9.29 Å². The van der Waals surface area contributed by atoms with Crippen molar-refractivity contribution in [2.75, 3.05) is 11.4 Å². The Morgan fingerprint density at radius 2 is 1.76 bits per heavy atom. The predicted octanol–water partition coefficient (Wildman–Crippen LogP) is 3.92. The molecule has 0 unspecified atom stereocenters. The number of carbonyl (C=O) groups is 5. The van der Waals surface area contributed by atoms with E-state index in [9.17, 15) is 38.6 Å². The molecule has 13 heteroatoms. The van der Waals surface area contributed by atoms with E-state index in [0.29, 0.717) is 22.5 Å². The molecule has 5 aliphatic rings. The van der Waals surface area contributed by atoms with Crippen molar-refractivity contribution >= 4 is 58.5 Å². The molecule has 3 fully saturated rings. The van der Waals surface area contributed by atoms with Gasteiger partial charge in [0.25, 0.3) is 11.8 Å². The minimum absolute atomic E-state index is 0.0155. The number of ether oxygens (including phenoxy) is 1. The van der Waals surface area contributed by atoms with Gasteiger partial charge in [-0.3, -0.25) is 28.9 Å². The van der Waals surface area contributed by atoms with Crippen molar-refractivity contribution in [1.29, 1.82) is 0 Å². The second-order valence-corrected chi connectivity index (χ2v) is 13.2. The minimum Gasteiger partial charge on any atom is -0.508 e. The van der Waals surface area contributed by atoms with Crippen molar-refractivity contribution in [2.45, 2.75) is 35.4 Å². The van der Waals surface area contributed by atoms with E-state index >= 15 is 0 Å². The lowest BCUT2D eigenvalue weighted by molar-refractivity contribution is -0.142. The highest BCUT2D eigenvalue weighted by Gasteiger charge is 2.77. The Hall–Kier alpha value is -4.22. The van der Waals surface area contributed by atoms with Gasteiger partial charge >= 0.3 is 5.97 Å². The second-order valence-electron chi connectivity index (χ2n) is 12.0. The number of imide groups is 2. The molecule has 10 nitrogen and oxygen atoms in total. The van der Waals surface area contributed by atoms with Crippen LogP contribution in [0.15, 0.2) is 65.9 Å². The maximum atomic E-state index is 14.4. The number of halogens is 3. The quantitative estimate of drug-likeness (QED) is 0.281. The third kappa shape index (κ3) is 4.09. The van der Waals surface area contributed by atoms with Gasteiger partial charge < -0.3 is 14.9 Å². The van der Waals surface area contributed by atoms with Crippen molar-refractivity contribution in [1.82, 2.24) is 4.90 Å². The van der Waals surface area contributed by atoms with E-state index in [1.165, 1.54) is 30.5 Å². The highest BCUT2D eigenvalue weighted by Crippen LogP contribution is 2.65. The van der Waals surface area contributed by atoms with E-state index in [2.05, 4.69) is 0 Å². The topological polar surface area (TPSA) is 142 Å². The van der Waals surface area contributed by atoms with Crippen LogP contribution in [0.3, 0.4) is 0 Å². The van der Waals surface area contributed by atoms with E-state index in [0.717, 1.165) is 21.9 Å². The molecule has 45 heavy (non-hydrogen) atoms. The zero-order valence-corrected chi connectivity index (χ0v) is 24.9. The number of nitrogens with zero attached hydrogens (tertiary/aromatic N) is 2. The van der Waals surface area contributed by atoms with Crippen LogP contribution in [0.25, 0.3) is 0 Å². The van der Waals surface area contributed by atoms with Crippen molar-refractivity contribution < 1.29 is 43.3 Å². The molecule has 3 aliphatic heterocycles. The Morgan fingerprint density at radius 3 is 2.47 bits per heavy atom. The first-order valence-corrected chi connectivity index (χ1v) is 15.1. The lowest BCUT2D eigenvalue weighted by Gasteiger charge is -2.51. The number of phenols is 1. The molecule has 3 heterocycles. The van der Waals surface area contributed by atoms with E-state index in [1.807, 2.05) is 0 Å². The Balaban J connectivity index is 1.37. The van der Waals surface area contributed by atoms with Crippen LogP contribution in [0, 0.1) is 29.5 Å². The highest BCUT2D eigenvalue weighted by atomic mass is 35.5. The molecule has 0 radical (unpaired) electrons. The van der Waals surface area contributed by atoms with Gasteiger partial charge in [0.1, 0.15) is 17.3 Å². The molecule has 1 saturated carbocycles. The number of carboxylic acids is 1. The first-order valence-electron chi connectivity index (χ1n) is 14.3. The lowest BCUT2D eigenvalue weighted by Crippen LogP contribution is -2.61. The normalized spacial score (nSPS) is 31.9. The van der Waals surface area contributed by atoms with Crippen molar-refractivity contribution in [3.63, 3.8) is 0 Å². The standard InChI is InChI=1S/C32H25Cl2FN2O8/c33-31-13-22-20(6-7-21-25(22)28(42)36(27(21)41)10-9-24(39)40)26(16-11-15-12-19(38)5-8-23(15)45-14-16)32(31,34)30(44)37(29(31)43)18-3-1-17(35)2-4-18/h1-6,8,12,14,21-22,25-26,38H,7,9-11,13H2,(H,39,40)/t21-,22+,25-,26-,31+,32-/m0/s1. The largest absolute Gasteiger partial charge is 0.508 e. The summed E-state index contributed by atoms with van der Waals surface area (Å²) in [4.78, 5) is 64.6. The number of carboxylic acid groups (broad SMARTS) is 1. The fourth-order valence-corrected chi connectivity index (χ4v) is 8.65. The zero-order chi connectivity index (χ0) is 32.0. The number of allylic oxidation sites excluding steroid dienone is 3. The third-order valence-corrected chi connectivity index (χ3v) is 11.1. The van der Waals surface area contributed by atoms with Gasteiger partial charge in [0.05, 0.1) is 30.2 Å². The molecule has 4 amide bonds. The van der Waals surface area contributed by atoms with E-state index in [1.54, 1.807) is 12.1 Å². The summed E-state index contributed by atoms with van der Waals surface area (Å²) in [6, 6.07) is 9.28. The summed E-state index contributed by atoms with van der Waals surface area (Å²) in [5.41, 5.74) is 1.66. The number of carbonyl (C=O) groups excluding carboxylic acids is 4. The fourth-order valence-electron chi connectivity index (χ4n) is 7.70. The average molecular weight is 655 g/mol. The number of aliphatic carboxylic acids is 1. The summed E-state index contributed by atoms with van der Waals surface area (Å²) in [5.74, 6) is -7.71. The number of aromatic hydroxyl groups is 1. The van der Waals surface area contributed by atoms with Gasteiger partial charge in [-0.2, -0.15) is 0 Å². The molecule has 2 aromatic carbocycles. The molecule has 7 rings (SSSR count). The number of amides is 4. The summed E-state index contributed by atoms with van der Waals surface area (Å²) in [7, 11) is 0. The molecular formula is C32H25Cl2FN2O8. The summed E-state index contributed by atoms with van der Waals surface area (Å²) >= 11 is 14.7. The number of benzene rings is 2. The smallest absolute Gasteiger partial charge is 0.305 e. The number of likely N-dealkylation sites (tertiary alicyclic amines) is 1. The molecule has 2 aliphatic carbocycles. The van der Waals surface area contributed by atoms with Crippen LogP contribution in [0.4, 0.5) is 10.1 Å². The Labute approximate surface area is 265 Å². The number of fused-ring (bicyclic) bond motifs is 5. The van der Waals surface area contributed by atoms with Gasteiger partial charge in [0.15, 0.2) is 9.75 Å². The Kier molecular flexibility index (Phi) is 6.65. The maximum Gasteiger partial charge on any atom is 0.305 e. The molecule has 2 aromatic rings. The fraction of sp³-hybridized carbons (Fsp3) is 0.344. The number of alkyl halides is 2. The molecule has 0 aromatic heterocycles. The van der Waals surface area contributed by atoms with Gasteiger partial charge in [0.2, 0.25) is 11.8 Å². The van der Waals surface area contributed by atoms with E-state index < -0.39 is 75.3 Å². The van der Waals surface area contributed by atoms with E-state index in [-0.39, 0.29) is 37.2 Å². The van der Waals surface area contributed by atoms with Crippen LogP contribution in [0.1, 0.15) is 24.8 Å². The van der Waals surface area contributed by atoms with Crippen LogP contribution in [0.2, 0.25) is 0 Å². The van der Waals surface area contributed by atoms with Crippen molar-refractivity contribution in [3.8, 4) is 11.5 Å². The zero-order valence-electron chi connectivity index (χ0n) is 23.4.